The first-order chi connectivity index (χ1) is 7.25. The number of nitrogen functional groups attached to an aromatic ring is 1. The molecule has 0 atom stereocenters. The molecule has 0 saturated carbocycles. The first-order valence-electron chi connectivity index (χ1n) is 4.09. The van der Waals surface area contributed by atoms with Crippen LogP contribution < -0.4 is 5.73 Å². The van der Waals surface area contributed by atoms with Crippen molar-refractivity contribution >= 4 is 23.8 Å². The molecule has 7 heteroatoms. The molecular formula is C8H7ClN6. The third-order valence-corrected chi connectivity index (χ3v) is 1.88. The second-order valence-corrected chi connectivity index (χ2v) is 3.16. The van der Waals surface area contributed by atoms with Gasteiger partial charge in [-0.3, -0.25) is 0 Å². The first-order valence-corrected chi connectivity index (χ1v) is 4.47. The Morgan fingerprint density at radius 2 is 2.33 bits per heavy atom. The average Bonchev–Trinajstić information content (AvgIpc) is 2.61. The minimum atomic E-state index is 0.133. The van der Waals surface area contributed by atoms with E-state index in [0.29, 0.717) is 5.02 Å². The fourth-order valence-electron chi connectivity index (χ4n) is 0.980. The lowest BCUT2D eigenvalue weighted by atomic mass is 10.2. The number of aromatic nitrogens is 4. The summed E-state index contributed by atoms with van der Waals surface area (Å²) in [5, 5.41) is 15.0. The van der Waals surface area contributed by atoms with Gasteiger partial charge in [0.1, 0.15) is 0 Å². The molecule has 0 saturated heterocycles. The van der Waals surface area contributed by atoms with Gasteiger partial charge in [0, 0.05) is 5.02 Å². The van der Waals surface area contributed by atoms with Gasteiger partial charge in [-0.1, -0.05) is 33.6 Å². The molecule has 0 bridgehead atoms. The number of rotatable bonds is 2. The van der Waals surface area contributed by atoms with Crippen LogP contribution >= 0.6 is 11.6 Å². The van der Waals surface area contributed by atoms with Crippen LogP contribution in [0.5, 0.6) is 0 Å². The standard InChI is InChI=1S/C8H7ClN6/c9-7-3-1-2-6(4-7)5-11-15-8(10)12-13-14-15/h1-5H,(H2,10,12,14). The molecule has 1 aromatic heterocycles. The molecule has 0 fully saturated rings. The molecule has 6 nitrogen and oxygen atoms in total. The van der Waals surface area contributed by atoms with Crippen LogP contribution in [0.3, 0.4) is 0 Å². The quantitative estimate of drug-likeness (QED) is 0.762. The van der Waals surface area contributed by atoms with Crippen LogP contribution in [0.25, 0.3) is 0 Å². The van der Waals surface area contributed by atoms with Gasteiger partial charge in [0.15, 0.2) is 0 Å². The fourth-order valence-corrected chi connectivity index (χ4v) is 1.18. The highest BCUT2D eigenvalue weighted by Crippen LogP contribution is 2.08. The fraction of sp³-hybridized carbons (Fsp3) is 0. The summed E-state index contributed by atoms with van der Waals surface area (Å²) < 4.78 is 0. The maximum atomic E-state index is 5.80. The Hall–Kier alpha value is -1.95. The van der Waals surface area contributed by atoms with Gasteiger partial charge in [0.05, 0.1) is 6.21 Å². The van der Waals surface area contributed by atoms with Gasteiger partial charge >= 0.3 is 0 Å². The molecule has 0 aliphatic carbocycles. The number of anilines is 1. The SMILES string of the molecule is Nc1nnnn1N=Cc1cccc(Cl)c1. The molecule has 1 aromatic carbocycles. The lowest BCUT2D eigenvalue weighted by Gasteiger charge is -1.93. The van der Waals surface area contributed by atoms with Crippen LogP contribution in [0.2, 0.25) is 5.02 Å². The first kappa shape index (κ1) is 9.60. The number of tetrazole rings is 1. The summed E-state index contributed by atoms with van der Waals surface area (Å²) in [6, 6.07) is 7.23. The highest BCUT2D eigenvalue weighted by atomic mass is 35.5. The predicted octanol–water partition coefficient (Wildman–Crippen LogP) is 0.791. The van der Waals surface area contributed by atoms with Crippen molar-refractivity contribution in [1.29, 1.82) is 0 Å². The number of benzene rings is 1. The molecule has 0 amide bonds. The maximum absolute atomic E-state index is 5.80. The summed E-state index contributed by atoms with van der Waals surface area (Å²) in [4.78, 5) is 1.13. The molecule has 0 unspecified atom stereocenters. The van der Waals surface area contributed by atoms with E-state index in [4.69, 9.17) is 17.3 Å². The van der Waals surface area contributed by atoms with E-state index in [1.807, 2.05) is 12.1 Å². The third kappa shape index (κ3) is 2.29. The summed E-state index contributed by atoms with van der Waals surface area (Å²) in [5.41, 5.74) is 6.27. The normalized spacial score (nSPS) is 11.0. The monoisotopic (exact) mass is 222 g/mol. The van der Waals surface area contributed by atoms with Crippen molar-refractivity contribution in [1.82, 2.24) is 20.3 Å². The summed E-state index contributed by atoms with van der Waals surface area (Å²) in [6.07, 6.45) is 1.57. The van der Waals surface area contributed by atoms with E-state index in [0.717, 1.165) is 10.4 Å². The second-order valence-electron chi connectivity index (χ2n) is 2.73. The third-order valence-electron chi connectivity index (χ3n) is 1.64. The van der Waals surface area contributed by atoms with Crippen LogP contribution in [0.15, 0.2) is 29.4 Å². The molecule has 2 aromatic rings. The lowest BCUT2D eigenvalue weighted by Crippen LogP contribution is -1.99. The molecule has 0 radical (unpaired) electrons. The Kier molecular flexibility index (Phi) is 2.59. The van der Waals surface area contributed by atoms with Crippen molar-refractivity contribution < 1.29 is 0 Å². The highest BCUT2D eigenvalue weighted by Gasteiger charge is 1.96. The zero-order valence-electron chi connectivity index (χ0n) is 7.58. The van der Waals surface area contributed by atoms with E-state index < -0.39 is 0 Å². The molecule has 76 valence electrons. The molecule has 0 aliphatic rings. The zero-order valence-corrected chi connectivity index (χ0v) is 8.33. The van der Waals surface area contributed by atoms with Crippen LogP contribution in [0.1, 0.15) is 5.56 Å². The molecule has 0 aliphatic heterocycles. The van der Waals surface area contributed by atoms with E-state index in [2.05, 4.69) is 20.6 Å². The van der Waals surface area contributed by atoms with E-state index >= 15 is 0 Å². The molecule has 2 N–H and O–H groups in total. The van der Waals surface area contributed by atoms with Gasteiger partial charge in [0.25, 0.3) is 5.95 Å². The second kappa shape index (κ2) is 4.05. The molecule has 15 heavy (non-hydrogen) atoms. The molecular weight excluding hydrogens is 216 g/mol. The summed E-state index contributed by atoms with van der Waals surface area (Å²) in [6.45, 7) is 0. The Balaban J connectivity index is 2.22. The topological polar surface area (TPSA) is 82.0 Å². The van der Waals surface area contributed by atoms with Crippen LogP contribution in [-0.4, -0.2) is 26.5 Å². The van der Waals surface area contributed by atoms with Gasteiger partial charge in [-0.05, 0) is 28.1 Å². The maximum Gasteiger partial charge on any atom is 0.263 e. The Labute approximate surface area is 90.3 Å². The highest BCUT2D eigenvalue weighted by molar-refractivity contribution is 6.30. The number of nitrogens with two attached hydrogens (primary N) is 1. The van der Waals surface area contributed by atoms with Crippen molar-refractivity contribution in [2.75, 3.05) is 5.73 Å². The van der Waals surface area contributed by atoms with Gasteiger partial charge in [-0.25, -0.2) is 0 Å². The largest absolute Gasteiger partial charge is 0.365 e. The predicted molar refractivity (Wildman–Crippen MR) is 56.7 cm³/mol. The van der Waals surface area contributed by atoms with Crippen molar-refractivity contribution in [3.63, 3.8) is 0 Å². The van der Waals surface area contributed by atoms with Gasteiger partial charge < -0.3 is 5.73 Å². The minimum Gasteiger partial charge on any atom is -0.365 e. The number of halogens is 1. The summed E-state index contributed by atoms with van der Waals surface area (Å²) >= 11 is 5.80. The number of hydrogen-bond donors (Lipinski definition) is 1. The molecule has 1 heterocycles. The molecule has 2 rings (SSSR count). The minimum absolute atomic E-state index is 0.133. The Morgan fingerprint density at radius 3 is 3.00 bits per heavy atom. The van der Waals surface area contributed by atoms with Gasteiger partial charge in [-0.2, -0.15) is 5.10 Å². The Bertz CT molecular complexity index is 491. The number of hydrogen-bond acceptors (Lipinski definition) is 5. The summed E-state index contributed by atoms with van der Waals surface area (Å²) in [5.74, 6) is 0.133. The Morgan fingerprint density at radius 1 is 1.47 bits per heavy atom. The van der Waals surface area contributed by atoms with Crippen LogP contribution in [0.4, 0.5) is 5.95 Å². The van der Waals surface area contributed by atoms with Crippen LogP contribution in [-0.2, 0) is 0 Å². The van der Waals surface area contributed by atoms with E-state index in [1.54, 1.807) is 18.3 Å². The summed E-state index contributed by atoms with van der Waals surface area (Å²) in [7, 11) is 0. The van der Waals surface area contributed by atoms with Crippen molar-refractivity contribution in [3.8, 4) is 0 Å². The smallest absolute Gasteiger partial charge is 0.263 e. The van der Waals surface area contributed by atoms with E-state index in [1.165, 1.54) is 0 Å². The zero-order chi connectivity index (χ0) is 10.7. The lowest BCUT2D eigenvalue weighted by molar-refractivity contribution is 0.699. The van der Waals surface area contributed by atoms with Gasteiger partial charge in [-0.15, -0.1) is 0 Å². The number of nitrogens with zero attached hydrogens (tertiary/aromatic N) is 5. The van der Waals surface area contributed by atoms with Crippen molar-refractivity contribution in [3.05, 3.63) is 34.9 Å². The average molecular weight is 223 g/mol. The van der Waals surface area contributed by atoms with Crippen molar-refractivity contribution in [2.24, 2.45) is 5.10 Å². The molecule has 0 spiro atoms. The van der Waals surface area contributed by atoms with Crippen LogP contribution in [0, 0.1) is 0 Å². The van der Waals surface area contributed by atoms with E-state index in [9.17, 15) is 0 Å². The van der Waals surface area contributed by atoms with Gasteiger partial charge in [0.2, 0.25) is 0 Å². The van der Waals surface area contributed by atoms with E-state index in [-0.39, 0.29) is 5.95 Å². The van der Waals surface area contributed by atoms with Crippen molar-refractivity contribution in [2.45, 2.75) is 0 Å².